The van der Waals surface area contributed by atoms with Crippen LogP contribution in [0.3, 0.4) is 0 Å². The largest absolute Gasteiger partial charge is 0.468 e. The molecule has 0 bridgehead atoms. The number of benzene rings is 1. The Kier molecular flexibility index (Phi) is 3.74. The fourth-order valence-corrected chi connectivity index (χ4v) is 2.26. The summed E-state index contributed by atoms with van der Waals surface area (Å²) in [6.07, 6.45) is 0. The second kappa shape index (κ2) is 5.30. The lowest BCUT2D eigenvalue weighted by atomic mass is 9.99. The van der Waals surface area contributed by atoms with Gasteiger partial charge < -0.3 is 15.0 Å². The number of ether oxygens (including phenoxy) is 1. The maximum atomic E-state index is 11.8. The van der Waals surface area contributed by atoms with E-state index in [1.807, 2.05) is 26.0 Å². The molecule has 1 aromatic rings. The zero-order valence-electron chi connectivity index (χ0n) is 11.4. The van der Waals surface area contributed by atoms with Crippen molar-refractivity contribution in [2.24, 2.45) is 0 Å². The normalized spacial score (nSPS) is 18.4. The fraction of sp³-hybridized carbons (Fsp3) is 0.429. The fourth-order valence-electron chi connectivity index (χ4n) is 2.26. The molecule has 1 aliphatic rings. The number of carbonyl (C=O) groups excluding carboxylic acids is 2. The van der Waals surface area contributed by atoms with Crippen LogP contribution < -0.4 is 5.32 Å². The van der Waals surface area contributed by atoms with Crippen LogP contribution in [0.2, 0.25) is 0 Å². The van der Waals surface area contributed by atoms with Crippen molar-refractivity contribution >= 4 is 12.0 Å². The van der Waals surface area contributed by atoms with E-state index in [2.05, 4.69) is 16.1 Å². The third-order valence-electron chi connectivity index (χ3n) is 3.35. The zero-order chi connectivity index (χ0) is 14.0. The van der Waals surface area contributed by atoms with Gasteiger partial charge in [0.1, 0.15) is 6.54 Å². The summed E-state index contributed by atoms with van der Waals surface area (Å²) in [7, 11) is 1.32. The van der Waals surface area contributed by atoms with Crippen LogP contribution in [0, 0.1) is 13.8 Å². The Morgan fingerprint density at radius 3 is 2.89 bits per heavy atom. The van der Waals surface area contributed by atoms with Crippen LogP contribution in [0.5, 0.6) is 0 Å². The number of esters is 1. The molecule has 1 saturated heterocycles. The van der Waals surface area contributed by atoms with Crippen molar-refractivity contribution < 1.29 is 14.3 Å². The zero-order valence-corrected chi connectivity index (χ0v) is 11.4. The second-order valence-corrected chi connectivity index (χ2v) is 4.82. The number of hydrogen-bond acceptors (Lipinski definition) is 3. The SMILES string of the molecule is COC(=O)CN1CC(c2cc(C)ccc2C)NC1=O. The summed E-state index contributed by atoms with van der Waals surface area (Å²) in [5.74, 6) is -0.406. The lowest BCUT2D eigenvalue weighted by Gasteiger charge is -2.15. The predicted molar refractivity (Wildman–Crippen MR) is 70.8 cm³/mol. The minimum absolute atomic E-state index is 0.0102. The van der Waals surface area contributed by atoms with Crippen molar-refractivity contribution in [2.45, 2.75) is 19.9 Å². The average molecular weight is 262 g/mol. The Hall–Kier alpha value is -2.04. The lowest BCUT2D eigenvalue weighted by molar-refractivity contribution is -0.141. The molecule has 0 spiro atoms. The number of aryl methyl sites for hydroxylation is 2. The van der Waals surface area contributed by atoms with Gasteiger partial charge in [0.15, 0.2) is 0 Å². The van der Waals surface area contributed by atoms with E-state index in [0.29, 0.717) is 6.54 Å². The first-order valence-corrected chi connectivity index (χ1v) is 6.20. The summed E-state index contributed by atoms with van der Waals surface area (Å²) in [6, 6.07) is 5.86. The van der Waals surface area contributed by atoms with Crippen molar-refractivity contribution in [3.8, 4) is 0 Å². The van der Waals surface area contributed by atoms with Gasteiger partial charge in [0.25, 0.3) is 0 Å². The van der Waals surface area contributed by atoms with E-state index < -0.39 is 5.97 Å². The first-order chi connectivity index (χ1) is 9.01. The van der Waals surface area contributed by atoms with Gasteiger partial charge in [0, 0.05) is 6.54 Å². The molecule has 1 N–H and O–H groups in total. The van der Waals surface area contributed by atoms with Crippen LogP contribution in [-0.4, -0.2) is 37.1 Å². The number of nitrogens with zero attached hydrogens (tertiary/aromatic N) is 1. The quantitative estimate of drug-likeness (QED) is 0.841. The summed E-state index contributed by atoms with van der Waals surface area (Å²) >= 11 is 0. The summed E-state index contributed by atoms with van der Waals surface area (Å²) in [5.41, 5.74) is 3.39. The van der Waals surface area contributed by atoms with Crippen LogP contribution in [0.15, 0.2) is 18.2 Å². The van der Waals surface area contributed by atoms with E-state index in [1.165, 1.54) is 12.0 Å². The number of carbonyl (C=O) groups is 2. The molecule has 0 aromatic heterocycles. The number of methoxy groups -OCH3 is 1. The Labute approximate surface area is 112 Å². The van der Waals surface area contributed by atoms with Crippen LogP contribution >= 0.6 is 0 Å². The molecule has 2 amide bonds. The Morgan fingerprint density at radius 2 is 2.21 bits per heavy atom. The number of hydrogen-bond donors (Lipinski definition) is 1. The van der Waals surface area contributed by atoms with Gasteiger partial charge in [-0.05, 0) is 25.0 Å². The molecule has 5 heteroatoms. The van der Waals surface area contributed by atoms with Gasteiger partial charge in [-0.2, -0.15) is 0 Å². The molecule has 1 heterocycles. The third-order valence-corrected chi connectivity index (χ3v) is 3.35. The van der Waals surface area contributed by atoms with Gasteiger partial charge >= 0.3 is 12.0 Å². The molecule has 5 nitrogen and oxygen atoms in total. The van der Waals surface area contributed by atoms with Crippen molar-refractivity contribution in [2.75, 3.05) is 20.2 Å². The highest BCUT2D eigenvalue weighted by molar-refractivity contribution is 5.83. The van der Waals surface area contributed by atoms with E-state index in [9.17, 15) is 9.59 Å². The van der Waals surface area contributed by atoms with E-state index in [-0.39, 0.29) is 18.6 Å². The molecule has 19 heavy (non-hydrogen) atoms. The van der Waals surface area contributed by atoms with Crippen molar-refractivity contribution in [1.82, 2.24) is 10.2 Å². The van der Waals surface area contributed by atoms with E-state index >= 15 is 0 Å². The molecule has 1 fully saturated rings. The highest BCUT2D eigenvalue weighted by atomic mass is 16.5. The summed E-state index contributed by atoms with van der Waals surface area (Å²) in [4.78, 5) is 24.5. The highest BCUT2D eigenvalue weighted by Crippen LogP contribution is 2.24. The van der Waals surface area contributed by atoms with Crippen LogP contribution in [-0.2, 0) is 9.53 Å². The maximum Gasteiger partial charge on any atom is 0.325 e. The van der Waals surface area contributed by atoms with Gasteiger partial charge in [-0.1, -0.05) is 23.8 Å². The van der Waals surface area contributed by atoms with Gasteiger partial charge in [-0.15, -0.1) is 0 Å². The minimum Gasteiger partial charge on any atom is -0.468 e. The number of nitrogens with one attached hydrogen (secondary N) is 1. The predicted octanol–water partition coefficient (Wildman–Crippen LogP) is 1.54. The molecule has 1 unspecified atom stereocenters. The van der Waals surface area contributed by atoms with Crippen molar-refractivity contribution in [3.63, 3.8) is 0 Å². The van der Waals surface area contributed by atoms with Crippen molar-refractivity contribution in [3.05, 3.63) is 34.9 Å². The molecular formula is C14H18N2O3. The average Bonchev–Trinajstić information content (AvgIpc) is 2.73. The van der Waals surface area contributed by atoms with E-state index in [1.54, 1.807) is 0 Å². The number of rotatable bonds is 3. The molecule has 102 valence electrons. The second-order valence-electron chi connectivity index (χ2n) is 4.82. The molecule has 1 aliphatic heterocycles. The van der Waals surface area contributed by atoms with E-state index in [0.717, 1.165) is 16.7 Å². The Morgan fingerprint density at radius 1 is 1.47 bits per heavy atom. The first-order valence-electron chi connectivity index (χ1n) is 6.20. The van der Waals surface area contributed by atoms with Crippen molar-refractivity contribution in [1.29, 1.82) is 0 Å². The standard InChI is InChI=1S/C14H18N2O3/c1-9-4-5-10(2)11(6-9)12-7-16(14(18)15-12)8-13(17)19-3/h4-6,12H,7-8H2,1-3H3,(H,15,18). The van der Waals surface area contributed by atoms with Gasteiger partial charge in [-0.25, -0.2) is 4.79 Å². The molecule has 0 radical (unpaired) electrons. The lowest BCUT2D eigenvalue weighted by Crippen LogP contribution is -2.33. The Bertz CT molecular complexity index is 513. The molecule has 1 atom stereocenters. The monoisotopic (exact) mass is 262 g/mol. The first kappa shape index (κ1) is 13.4. The smallest absolute Gasteiger partial charge is 0.325 e. The third kappa shape index (κ3) is 2.86. The van der Waals surface area contributed by atoms with Crippen LogP contribution in [0.4, 0.5) is 4.79 Å². The van der Waals surface area contributed by atoms with Gasteiger partial charge in [0.2, 0.25) is 0 Å². The molecular weight excluding hydrogens is 244 g/mol. The topological polar surface area (TPSA) is 58.6 Å². The highest BCUT2D eigenvalue weighted by Gasteiger charge is 2.31. The Balaban J connectivity index is 2.14. The molecule has 0 aliphatic carbocycles. The number of amides is 2. The summed E-state index contributed by atoms with van der Waals surface area (Å²) in [5, 5.41) is 2.90. The maximum absolute atomic E-state index is 11.8. The summed E-state index contributed by atoms with van der Waals surface area (Å²) < 4.78 is 4.58. The van der Waals surface area contributed by atoms with E-state index in [4.69, 9.17) is 0 Å². The summed E-state index contributed by atoms with van der Waals surface area (Å²) in [6.45, 7) is 4.51. The van der Waals surface area contributed by atoms with Crippen LogP contribution in [0.1, 0.15) is 22.7 Å². The molecule has 0 saturated carbocycles. The minimum atomic E-state index is -0.406. The van der Waals surface area contributed by atoms with Crippen LogP contribution in [0.25, 0.3) is 0 Å². The van der Waals surface area contributed by atoms with Gasteiger partial charge in [-0.3, -0.25) is 4.79 Å². The molecule has 2 rings (SSSR count). The molecule has 1 aromatic carbocycles. The number of urea groups is 1. The van der Waals surface area contributed by atoms with Gasteiger partial charge in [0.05, 0.1) is 13.2 Å².